The Balaban J connectivity index is 1.90. The second-order valence-corrected chi connectivity index (χ2v) is 6.48. The number of hydrogen-bond donors (Lipinski definition) is 1. The molecule has 1 aromatic heterocycles. The second-order valence-electron chi connectivity index (χ2n) is 5.13. The summed E-state index contributed by atoms with van der Waals surface area (Å²) in [5.41, 5.74) is 1.15. The molecule has 0 saturated carbocycles. The first-order chi connectivity index (χ1) is 9.20. The van der Waals surface area contributed by atoms with Crippen molar-refractivity contribution in [2.75, 3.05) is 25.9 Å². The summed E-state index contributed by atoms with van der Waals surface area (Å²) in [6.45, 7) is 7.50. The van der Waals surface area contributed by atoms with Gasteiger partial charge in [-0.05, 0) is 12.0 Å². The van der Waals surface area contributed by atoms with Gasteiger partial charge in [0.15, 0.2) is 5.96 Å². The van der Waals surface area contributed by atoms with Crippen LogP contribution in [0, 0.1) is 5.92 Å². The SMILES string of the molecule is CN=C(NCc1ccoc1)N1CCSC(C(C)C)C1. The van der Waals surface area contributed by atoms with Crippen LogP contribution in [0.5, 0.6) is 0 Å². The monoisotopic (exact) mass is 281 g/mol. The van der Waals surface area contributed by atoms with Crippen molar-refractivity contribution in [2.45, 2.75) is 25.6 Å². The first kappa shape index (κ1) is 14.3. The molecule has 0 spiro atoms. The summed E-state index contributed by atoms with van der Waals surface area (Å²) in [5.74, 6) is 2.88. The summed E-state index contributed by atoms with van der Waals surface area (Å²) in [5, 5.41) is 4.10. The molecule has 106 valence electrons. The molecule has 2 rings (SSSR count). The third-order valence-corrected chi connectivity index (χ3v) is 4.92. The van der Waals surface area contributed by atoms with Crippen molar-refractivity contribution in [3.8, 4) is 0 Å². The van der Waals surface area contributed by atoms with Gasteiger partial charge in [-0.1, -0.05) is 13.8 Å². The lowest BCUT2D eigenvalue weighted by molar-refractivity contribution is 0.380. The molecule has 0 aromatic carbocycles. The second kappa shape index (κ2) is 6.89. The molecule has 1 aromatic rings. The molecular formula is C14H23N3OS. The van der Waals surface area contributed by atoms with Gasteiger partial charge < -0.3 is 14.6 Å². The van der Waals surface area contributed by atoms with Crippen molar-refractivity contribution in [3.05, 3.63) is 24.2 Å². The van der Waals surface area contributed by atoms with Gasteiger partial charge in [-0.3, -0.25) is 4.99 Å². The highest BCUT2D eigenvalue weighted by atomic mass is 32.2. The lowest BCUT2D eigenvalue weighted by Gasteiger charge is -2.36. The van der Waals surface area contributed by atoms with Crippen LogP contribution in [0.25, 0.3) is 0 Å². The fraction of sp³-hybridized carbons (Fsp3) is 0.643. The molecule has 1 aliphatic rings. The molecule has 1 unspecified atom stereocenters. The Morgan fingerprint density at radius 1 is 1.63 bits per heavy atom. The molecule has 1 saturated heterocycles. The highest BCUT2D eigenvalue weighted by molar-refractivity contribution is 8.00. The van der Waals surface area contributed by atoms with E-state index < -0.39 is 0 Å². The number of furan rings is 1. The van der Waals surface area contributed by atoms with E-state index in [-0.39, 0.29) is 0 Å². The number of aliphatic imine (C=N–C) groups is 1. The topological polar surface area (TPSA) is 40.8 Å². The molecule has 4 nitrogen and oxygen atoms in total. The predicted octanol–water partition coefficient (Wildman–Crippen LogP) is 2.43. The minimum absolute atomic E-state index is 0.696. The number of guanidine groups is 1. The molecular weight excluding hydrogens is 258 g/mol. The minimum Gasteiger partial charge on any atom is -0.472 e. The van der Waals surface area contributed by atoms with Gasteiger partial charge >= 0.3 is 0 Å². The molecule has 1 aliphatic heterocycles. The summed E-state index contributed by atoms with van der Waals surface area (Å²) in [7, 11) is 1.85. The van der Waals surface area contributed by atoms with E-state index in [2.05, 4.69) is 40.8 Å². The number of hydrogen-bond acceptors (Lipinski definition) is 3. The lowest BCUT2D eigenvalue weighted by Crippen LogP contribution is -2.48. The zero-order valence-corrected chi connectivity index (χ0v) is 12.7. The maximum absolute atomic E-state index is 5.08. The molecule has 2 heterocycles. The average molecular weight is 281 g/mol. The van der Waals surface area contributed by atoms with Gasteiger partial charge in [0, 0.05) is 43.2 Å². The molecule has 19 heavy (non-hydrogen) atoms. The van der Waals surface area contributed by atoms with Crippen LogP contribution in [0.15, 0.2) is 28.0 Å². The molecule has 1 N–H and O–H groups in total. The Labute approximate surface area is 119 Å². The number of nitrogens with zero attached hydrogens (tertiary/aromatic N) is 2. The lowest BCUT2D eigenvalue weighted by atomic mass is 10.1. The van der Waals surface area contributed by atoms with Crippen LogP contribution in [0.4, 0.5) is 0 Å². The zero-order valence-electron chi connectivity index (χ0n) is 11.9. The van der Waals surface area contributed by atoms with Crippen LogP contribution < -0.4 is 5.32 Å². The van der Waals surface area contributed by atoms with Crippen LogP contribution in [0.1, 0.15) is 19.4 Å². The van der Waals surface area contributed by atoms with E-state index in [1.54, 1.807) is 12.5 Å². The van der Waals surface area contributed by atoms with Crippen LogP contribution >= 0.6 is 11.8 Å². The van der Waals surface area contributed by atoms with Gasteiger partial charge in [-0.25, -0.2) is 0 Å². The summed E-state index contributed by atoms with van der Waals surface area (Å²) in [4.78, 5) is 6.76. The molecule has 0 radical (unpaired) electrons. The summed E-state index contributed by atoms with van der Waals surface area (Å²) in [6.07, 6.45) is 3.47. The van der Waals surface area contributed by atoms with E-state index in [4.69, 9.17) is 4.42 Å². The van der Waals surface area contributed by atoms with Gasteiger partial charge in [0.05, 0.1) is 12.5 Å². The summed E-state index contributed by atoms with van der Waals surface area (Å²) >= 11 is 2.08. The van der Waals surface area contributed by atoms with Crippen molar-refractivity contribution in [2.24, 2.45) is 10.9 Å². The molecule has 1 fully saturated rings. The maximum atomic E-state index is 5.08. The van der Waals surface area contributed by atoms with Crippen molar-refractivity contribution in [3.63, 3.8) is 0 Å². The van der Waals surface area contributed by atoms with Gasteiger partial charge in [-0.15, -0.1) is 0 Å². The Kier molecular flexibility index (Phi) is 5.19. The van der Waals surface area contributed by atoms with Crippen LogP contribution in [0.3, 0.4) is 0 Å². The van der Waals surface area contributed by atoms with Crippen molar-refractivity contribution in [1.82, 2.24) is 10.2 Å². The largest absolute Gasteiger partial charge is 0.472 e. The first-order valence-corrected chi connectivity index (χ1v) is 7.84. The normalized spacial score (nSPS) is 20.9. The highest BCUT2D eigenvalue weighted by Gasteiger charge is 2.24. The van der Waals surface area contributed by atoms with Gasteiger partial charge in [0.25, 0.3) is 0 Å². The van der Waals surface area contributed by atoms with Crippen LogP contribution in [0.2, 0.25) is 0 Å². The zero-order chi connectivity index (χ0) is 13.7. The quantitative estimate of drug-likeness (QED) is 0.682. The number of nitrogens with one attached hydrogen (secondary N) is 1. The van der Waals surface area contributed by atoms with Gasteiger partial charge in [0.1, 0.15) is 0 Å². The van der Waals surface area contributed by atoms with Crippen molar-refractivity contribution >= 4 is 17.7 Å². The third-order valence-electron chi connectivity index (χ3n) is 3.38. The van der Waals surface area contributed by atoms with E-state index in [9.17, 15) is 0 Å². The van der Waals surface area contributed by atoms with Crippen molar-refractivity contribution < 1.29 is 4.42 Å². The van der Waals surface area contributed by atoms with E-state index >= 15 is 0 Å². The predicted molar refractivity (Wildman–Crippen MR) is 81.6 cm³/mol. The fourth-order valence-electron chi connectivity index (χ4n) is 2.18. The van der Waals surface area contributed by atoms with Gasteiger partial charge in [0.2, 0.25) is 0 Å². The van der Waals surface area contributed by atoms with Crippen LogP contribution in [-0.2, 0) is 6.54 Å². The highest BCUT2D eigenvalue weighted by Crippen LogP contribution is 2.24. The Hall–Kier alpha value is -1.10. The average Bonchev–Trinajstić information content (AvgIpc) is 2.93. The standard InChI is InChI=1S/C14H23N3OS/c1-11(2)13-9-17(5-7-19-13)14(15-3)16-8-12-4-6-18-10-12/h4,6,10-11,13H,5,7-9H2,1-3H3,(H,15,16). The van der Waals surface area contributed by atoms with Crippen molar-refractivity contribution in [1.29, 1.82) is 0 Å². The Morgan fingerprint density at radius 2 is 2.47 bits per heavy atom. The number of rotatable bonds is 3. The minimum atomic E-state index is 0.696. The third kappa shape index (κ3) is 3.93. The van der Waals surface area contributed by atoms with Crippen LogP contribution in [-0.4, -0.2) is 42.0 Å². The molecule has 0 bridgehead atoms. The van der Waals surface area contributed by atoms with Gasteiger partial charge in [-0.2, -0.15) is 11.8 Å². The van der Waals surface area contributed by atoms with E-state index in [0.717, 1.165) is 31.2 Å². The molecule has 0 aliphatic carbocycles. The Morgan fingerprint density at radius 3 is 3.11 bits per heavy atom. The molecule has 5 heteroatoms. The van der Waals surface area contributed by atoms with E-state index in [0.29, 0.717) is 11.2 Å². The maximum Gasteiger partial charge on any atom is 0.193 e. The number of thioether (sulfide) groups is 1. The fourth-order valence-corrected chi connectivity index (χ4v) is 3.48. The summed E-state index contributed by atoms with van der Waals surface area (Å²) in [6, 6.07) is 1.98. The van der Waals surface area contributed by atoms with E-state index in [1.807, 2.05) is 13.1 Å². The summed E-state index contributed by atoms with van der Waals surface area (Å²) < 4.78 is 5.08. The van der Waals surface area contributed by atoms with E-state index in [1.165, 1.54) is 5.75 Å². The smallest absolute Gasteiger partial charge is 0.193 e. The first-order valence-electron chi connectivity index (χ1n) is 6.79. The molecule has 1 atom stereocenters. The molecule has 0 amide bonds. The Bertz CT molecular complexity index is 403.